The Morgan fingerprint density at radius 3 is 2.29 bits per heavy atom. The van der Waals surface area contributed by atoms with Crippen molar-refractivity contribution in [2.24, 2.45) is 0 Å². The Labute approximate surface area is 188 Å². The van der Waals surface area contributed by atoms with Crippen molar-refractivity contribution in [2.75, 3.05) is 17.7 Å². The number of nitrogens with zero attached hydrogens (tertiary/aromatic N) is 1. The Balaban J connectivity index is 1.93. The zero-order valence-electron chi connectivity index (χ0n) is 17.1. The molecule has 34 heavy (non-hydrogen) atoms. The summed E-state index contributed by atoms with van der Waals surface area (Å²) in [5.74, 6) is -3.04. The number of methoxy groups -OCH3 is 1. The van der Waals surface area contributed by atoms with E-state index in [1.54, 1.807) is 0 Å². The molecule has 0 saturated carbocycles. The number of hydrogen-bond acceptors (Lipinski definition) is 7. The third-order valence-electron chi connectivity index (χ3n) is 4.39. The molecule has 0 radical (unpaired) electrons. The van der Waals surface area contributed by atoms with Crippen LogP contribution in [0.3, 0.4) is 0 Å². The first-order valence-corrected chi connectivity index (χ1v) is 9.25. The van der Waals surface area contributed by atoms with Crippen LogP contribution in [0.5, 0.6) is 0 Å². The minimum absolute atomic E-state index is 0.127. The first kappa shape index (κ1) is 24.0. The number of rotatable bonds is 6. The molecule has 0 bridgehead atoms. The highest BCUT2D eigenvalue weighted by molar-refractivity contribution is 6.07. The molecule has 0 aliphatic rings. The largest absolute Gasteiger partial charge is 0.465 e. The molecular formula is C21H14F3N3O7. The van der Waals surface area contributed by atoms with E-state index in [-0.39, 0.29) is 17.0 Å². The minimum Gasteiger partial charge on any atom is -0.465 e. The van der Waals surface area contributed by atoms with Crippen molar-refractivity contribution in [1.29, 1.82) is 0 Å². The number of alkyl halides is 3. The number of carbonyl (C=O) groups is 3. The molecule has 3 aromatic rings. The predicted molar refractivity (Wildman–Crippen MR) is 110 cm³/mol. The lowest BCUT2D eigenvalue weighted by Crippen LogP contribution is -2.18. The third-order valence-corrected chi connectivity index (χ3v) is 4.39. The number of ether oxygens (including phenoxy) is 1. The Morgan fingerprint density at radius 1 is 1.00 bits per heavy atom. The summed E-state index contributed by atoms with van der Waals surface area (Å²) in [5, 5.41) is 15.4. The number of halogens is 3. The van der Waals surface area contributed by atoms with Crippen LogP contribution in [0, 0.1) is 10.1 Å². The first-order valence-electron chi connectivity index (χ1n) is 9.25. The van der Waals surface area contributed by atoms with E-state index in [4.69, 9.17) is 4.42 Å². The molecule has 2 amide bonds. The Morgan fingerprint density at radius 2 is 1.71 bits per heavy atom. The van der Waals surface area contributed by atoms with Gasteiger partial charge in [-0.05, 0) is 36.4 Å². The molecule has 0 fully saturated rings. The average Bonchev–Trinajstić information content (AvgIpc) is 3.33. The number of benzene rings is 2. The Hall–Kier alpha value is -4.68. The lowest BCUT2D eigenvalue weighted by atomic mass is 10.1. The highest BCUT2D eigenvalue weighted by atomic mass is 19.4. The molecule has 176 valence electrons. The summed E-state index contributed by atoms with van der Waals surface area (Å²) in [5.41, 5.74) is -3.63. The van der Waals surface area contributed by atoms with Gasteiger partial charge in [0, 0.05) is 23.4 Å². The van der Waals surface area contributed by atoms with E-state index in [1.807, 2.05) is 5.32 Å². The molecule has 3 rings (SSSR count). The fraction of sp³-hybridized carbons (Fsp3) is 0.0952. The monoisotopic (exact) mass is 477 g/mol. The summed E-state index contributed by atoms with van der Waals surface area (Å²) in [4.78, 5) is 46.7. The van der Waals surface area contributed by atoms with Crippen molar-refractivity contribution in [2.45, 2.75) is 6.18 Å². The molecule has 2 aromatic carbocycles. The topological polar surface area (TPSA) is 141 Å². The van der Waals surface area contributed by atoms with Gasteiger partial charge in [0.2, 0.25) is 0 Å². The van der Waals surface area contributed by atoms with Gasteiger partial charge < -0.3 is 19.8 Å². The number of amides is 2. The van der Waals surface area contributed by atoms with Crippen LogP contribution in [0.4, 0.5) is 30.2 Å². The predicted octanol–water partition coefficient (Wildman–Crippen LogP) is 4.50. The lowest BCUT2D eigenvalue weighted by Gasteiger charge is -2.16. The van der Waals surface area contributed by atoms with Gasteiger partial charge in [0.1, 0.15) is 0 Å². The summed E-state index contributed by atoms with van der Waals surface area (Å²) in [6, 6.07) is 7.96. The number of hydrogen-bond donors (Lipinski definition) is 2. The van der Waals surface area contributed by atoms with Crippen LogP contribution in [0.1, 0.15) is 36.8 Å². The van der Waals surface area contributed by atoms with Crippen LogP contribution < -0.4 is 10.6 Å². The SMILES string of the molecule is COC(=O)c1cc(C(=O)Nc2ccc(NC(=O)c3ccco3)cc2C(F)(F)F)cc([N+](=O)[O-])c1. The lowest BCUT2D eigenvalue weighted by molar-refractivity contribution is -0.384. The van der Waals surface area contributed by atoms with Crippen LogP contribution in [0.15, 0.2) is 59.2 Å². The number of non-ortho nitro benzene ring substituents is 1. The summed E-state index contributed by atoms with van der Waals surface area (Å²) in [7, 11) is 1.02. The average molecular weight is 477 g/mol. The second-order valence-corrected chi connectivity index (χ2v) is 6.66. The number of anilines is 2. The van der Waals surface area contributed by atoms with E-state index in [1.165, 1.54) is 18.4 Å². The van der Waals surface area contributed by atoms with Crippen molar-refractivity contribution in [3.05, 3.63) is 87.4 Å². The van der Waals surface area contributed by atoms with Gasteiger partial charge in [0.25, 0.3) is 17.5 Å². The number of nitro benzene ring substituents is 1. The van der Waals surface area contributed by atoms with E-state index in [0.717, 1.165) is 37.4 Å². The summed E-state index contributed by atoms with van der Waals surface area (Å²) in [6.45, 7) is 0. The second kappa shape index (κ2) is 9.44. The molecule has 0 spiro atoms. The minimum atomic E-state index is -4.94. The molecule has 0 aliphatic carbocycles. The zero-order valence-corrected chi connectivity index (χ0v) is 17.1. The normalized spacial score (nSPS) is 10.9. The highest BCUT2D eigenvalue weighted by Gasteiger charge is 2.35. The highest BCUT2D eigenvalue weighted by Crippen LogP contribution is 2.37. The molecule has 1 aromatic heterocycles. The molecule has 2 N–H and O–H groups in total. The van der Waals surface area contributed by atoms with E-state index >= 15 is 0 Å². The molecule has 0 aliphatic heterocycles. The number of esters is 1. The molecule has 0 saturated heterocycles. The van der Waals surface area contributed by atoms with Crippen molar-refractivity contribution in [1.82, 2.24) is 0 Å². The van der Waals surface area contributed by atoms with Gasteiger partial charge in [-0.25, -0.2) is 4.79 Å². The third kappa shape index (κ3) is 5.38. The van der Waals surface area contributed by atoms with Gasteiger partial charge in [-0.15, -0.1) is 0 Å². The van der Waals surface area contributed by atoms with Gasteiger partial charge >= 0.3 is 12.1 Å². The maximum Gasteiger partial charge on any atom is 0.418 e. The summed E-state index contributed by atoms with van der Waals surface area (Å²) >= 11 is 0. The second-order valence-electron chi connectivity index (χ2n) is 6.66. The molecule has 0 unspecified atom stereocenters. The molecule has 0 atom stereocenters. The van der Waals surface area contributed by atoms with Crippen molar-refractivity contribution < 1.29 is 41.6 Å². The maximum atomic E-state index is 13.6. The van der Waals surface area contributed by atoms with Crippen molar-refractivity contribution in [3.63, 3.8) is 0 Å². The smallest absolute Gasteiger partial charge is 0.418 e. The fourth-order valence-electron chi connectivity index (χ4n) is 2.84. The van der Waals surface area contributed by atoms with Gasteiger partial charge in [-0.3, -0.25) is 19.7 Å². The Bertz CT molecular complexity index is 1270. The quantitative estimate of drug-likeness (QED) is 0.303. The molecular weight excluding hydrogens is 463 g/mol. The van der Waals surface area contributed by atoms with Crippen LogP contribution in [0.25, 0.3) is 0 Å². The standard InChI is InChI=1S/C21H14F3N3O7/c1-33-20(30)12-7-11(8-14(9-12)27(31)32)18(28)26-16-5-4-13(10-15(16)21(22,23)24)25-19(29)17-3-2-6-34-17/h2-10H,1H3,(H,25,29)(H,26,28). The number of carbonyl (C=O) groups excluding carboxylic acids is 3. The van der Waals surface area contributed by atoms with Gasteiger partial charge in [0.15, 0.2) is 5.76 Å². The van der Waals surface area contributed by atoms with Crippen molar-refractivity contribution >= 4 is 34.8 Å². The number of nitro groups is 1. The number of nitrogens with one attached hydrogen (secondary N) is 2. The maximum absolute atomic E-state index is 13.6. The zero-order chi connectivity index (χ0) is 25.0. The van der Waals surface area contributed by atoms with E-state index in [9.17, 15) is 37.7 Å². The van der Waals surface area contributed by atoms with Crippen LogP contribution in [0.2, 0.25) is 0 Å². The van der Waals surface area contributed by atoms with Gasteiger partial charge in [0.05, 0.1) is 35.1 Å². The van der Waals surface area contributed by atoms with E-state index in [2.05, 4.69) is 10.1 Å². The first-order chi connectivity index (χ1) is 16.0. The number of furan rings is 1. The molecule has 13 heteroatoms. The molecule has 10 nitrogen and oxygen atoms in total. The molecule has 1 heterocycles. The van der Waals surface area contributed by atoms with Crippen LogP contribution >= 0.6 is 0 Å². The summed E-state index contributed by atoms with van der Waals surface area (Å²) < 4.78 is 50.3. The van der Waals surface area contributed by atoms with E-state index in [0.29, 0.717) is 6.07 Å². The fourth-order valence-corrected chi connectivity index (χ4v) is 2.84. The summed E-state index contributed by atoms with van der Waals surface area (Å²) in [6.07, 6.45) is -3.72. The van der Waals surface area contributed by atoms with Crippen LogP contribution in [-0.2, 0) is 10.9 Å². The van der Waals surface area contributed by atoms with Crippen LogP contribution in [-0.4, -0.2) is 29.8 Å². The van der Waals surface area contributed by atoms with Gasteiger partial charge in [-0.1, -0.05) is 0 Å². The van der Waals surface area contributed by atoms with E-state index < -0.39 is 51.4 Å². The van der Waals surface area contributed by atoms with Crippen molar-refractivity contribution in [3.8, 4) is 0 Å². The Kier molecular flexibility index (Phi) is 6.66. The van der Waals surface area contributed by atoms with Gasteiger partial charge in [-0.2, -0.15) is 13.2 Å².